The van der Waals surface area contributed by atoms with Crippen LogP contribution in [0, 0.1) is 0 Å². The van der Waals surface area contributed by atoms with Crippen molar-refractivity contribution in [1.82, 2.24) is 19.9 Å². The van der Waals surface area contributed by atoms with Crippen LogP contribution in [0.3, 0.4) is 0 Å². The van der Waals surface area contributed by atoms with Gasteiger partial charge in [0.15, 0.2) is 23.1 Å². The van der Waals surface area contributed by atoms with Crippen molar-refractivity contribution < 1.29 is 8.83 Å². The number of fused-ring (bicyclic) bond motifs is 4. The van der Waals surface area contributed by atoms with Crippen LogP contribution < -0.4 is 0 Å². The predicted octanol–water partition coefficient (Wildman–Crippen LogP) is 11.9. The maximum Gasteiger partial charge on any atom is 0.227 e. The molecular formula is C46H28N4O2. The van der Waals surface area contributed by atoms with Crippen LogP contribution in [0.5, 0.6) is 0 Å². The van der Waals surface area contributed by atoms with Crippen LogP contribution in [-0.4, -0.2) is 19.9 Å². The lowest BCUT2D eigenvalue weighted by Gasteiger charge is -2.10. The number of rotatable bonds is 6. The minimum atomic E-state index is 0.610. The van der Waals surface area contributed by atoms with Gasteiger partial charge in [0.2, 0.25) is 5.89 Å². The molecule has 10 aromatic rings. The molecule has 0 radical (unpaired) electrons. The first-order chi connectivity index (χ1) is 25.7. The van der Waals surface area contributed by atoms with E-state index < -0.39 is 0 Å². The third-order valence-corrected chi connectivity index (χ3v) is 9.37. The van der Waals surface area contributed by atoms with Crippen molar-refractivity contribution in [2.45, 2.75) is 0 Å². The molecule has 0 aliphatic heterocycles. The van der Waals surface area contributed by atoms with Crippen LogP contribution in [0.1, 0.15) is 0 Å². The molecule has 0 bridgehead atoms. The van der Waals surface area contributed by atoms with E-state index in [0.29, 0.717) is 23.4 Å². The van der Waals surface area contributed by atoms with Gasteiger partial charge in [-0.05, 0) is 70.8 Å². The Balaban J connectivity index is 1.08. The molecule has 0 N–H and O–H groups in total. The van der Waals surface area contributed by atoms with Gasteiger partial charge in [0.1, 0.15) is 16.7 Å². The smallest absolute Gasteiger partial charge is 0.227 e. The van der Waals surface area contributed by atoms with E-state index in [0.717, 1.165) is 77.5 Å². The molecule has 0 saturated carbocycles. The standard InChI is InChI=1S/C46H28N4O2/c1-4-12-29(13-5-1)43-48-44(30-14-6-2-7-15-30)50-45(49-43)35-19-10-18-34(26-35)36-20-11-21-40-42(36)37-27-32(23-25-39(37)51-40)33-22-24-38-41(28-33)52-46(47-38)31-16-8-3-9-17-31/h1-28H. The monoisotopic (exact) mass is 668 g/mol. The van der Waals surface area contributed by atoms with Crippen molar-refractivity contribution in [2.75, 3.05) is 0 Å². The lowest BCUT2D eigenvalue weighted by atomic mass is 9.96. The van der Waals surface area contributed by atoms with E-state index in [2.05, 4.69) is 54.6 Å². The third-order valence-electron chi connectivity index (χ3n) is 9.37. The summed E-state index contributed by atoms with van der Waals surface area (Å²) in [6.45, 7) is 0. The summed E-state index contributed by atoms with van der Waals surface area (Å²) in [4.78, 5) is 19.5. The molecule has 0 fully saturated rings. The maximum atomic E-state index is 6.41. The van der Waals surface area contributed by atoms with Crippen LogP contribution in [0.25, 0.3) is 101 Å². The molecule has 0 saturated heterocycles. The maximum absolute atomic E-state index is 6.41. The lowest BCUT2D eigenvalue weighted by molar-refractivity contribution is 0.620. The van der Waals surface area contributed by atoms with Crippen LogP contribution >= 0.6 is 0 Å². The summed E-state index contributed by atoms with van der Waals surface area (Å²) >= 11 is 0. The highest BCUT2D eigenvalue weighted by Gasteiger charge is 2.17. The molecule has 0 atom stereocenters. The van der Waals surface area contributed by atoms with E-state index in [1.54, 1.807) is 0 Å². The van der Waals surface area contributed by atoms with Gasteiger partial charge in [-0.15, -0.1) is 0 Å². The number of oxazole rings is 1. The van der Waals surface area contributed by atoms with E-state index in [-0.39, 0.29) is 0 Å². The summed E-state index contributed by atoms with van der Waals surface area (Å²) in [5.74, 6) is 2.48. The van der Waals surface area contributed by atoms with E-state index in [4.69, 9.17) is 28.8 Å². The van der Waals surface area contributed by atoms with Gasteiger partial charge in [0.25, 0.3) is 0 Å². The van der Waals surface area contributed by atoms with Gasteiger partial charge in [0, 0.05) is 33.0 Å². The Morgan fingerprint density at radius 3 is 1.62 bits per heavy atom. The van der Waals surface area contributed by atoms with Crippen molar-refractivity contribution >= 4 is 33.0 Å². The topological polar surface area (TPSA) is 77.8 Å². The number of aromatic nitrogens is 4. The number of hydrogen-bond acceptors (Lipinski definition) is 6. The first kappa shape index (κ1) is 29.7. The van der Waals surface area contributed by atoms with Gasteiger partial charge in [0.05, 0.1) is 0 Å². The number of furan rings is 1. The Hall–Kier alpha value is -7.18. The van der Waals surface area contributed by atoms with E-state index in [1.807, 2.05) is 115 Å². The van der Waals surface area contributed by atoms with E-state index >= 15 is 0 Å². The first-order valence-corrected chi connectivity index (χ1v) is 17.1. The zero-order valence-electron chi connectivity index (χ0n) is 27.8. The molecule has 244 valence electrons. The second-order valence-electron chi connectivity index (χ2n) is 12.7. The van der Waals surface area contributed by atoms with Crippen LogP contribution in [0.4, 0.5) is 0 Å². The minimum absolute atomic E-state index is 0.610. The normalized spacial score (nSPS) is 11.5. The van der Waals surface area contributed by atoms with Gasteiger partial charge in [-0.1, -0.05) is 121 Å². The Morgan fingerprint density at radius 2 is 0.904 bits per heavy atom. The van der Waals surface area contributed by atoms with Gasteiger partial charge in [-0.25, -0.2) is 19.9 Å². The fraction of sp³-hybridized carbons (Fsp3) is 0. The zero-order valence-corrected chi connectivity index (χ0v) is 27.8. The van der Waals surface area contributed by atoms with E-state index in [9.17, 15) is 0 Å². The van der Waals surface area contributed by atoms with Crippen molar-refractivity contribution in [1.29, 1.82) is 0 Å². The quantitative estimate of drug-likeness (QED) is 0.175. The highest BCUT2D eigenvalue weighted by atomic mass is 16.3. The van der Waals surface area contributed by atoms with Crippen LogP contribution in [-0.2, 0) is 0 Å². The Kier molecular flexibility index (Phi) is 7.03. The molecule has 10 rings (SSSR count). The van der Waals surface area contributed by atoms with E-state index in [1.165, 1.54) is 0 Å². The number of hydrogen-bond donors (Lipinski definition) is 0. The molecule has 3 heterocycles. The Morgan fingerprint density at radius 1 is 0.327 bits per heavy atom. The van der Waals surface area contributed by atoms with Crippen molar-refractivity contribution in [2.24, 2.45) is 0 Å². The third kappa shape index (κ3) is 5.30. The Labute approximate surface area is 298 Å². The minimum Gasteiger partial charge on any atom is -0.456 e. The molecule has 0 spiro atoms. The average Bonchev–Trinajstić information content (AvgIpc) is 3.83. The van der Waals surface area contributed by atoms with Crippen molar-refractivity contribution in [3.05, 3.63) is 170 Å². The molecular weight excluding hydrogens is 641 g/mol. The summed E-state index contributed by atoms with van der Waals surface area (Å²) in [5.41, 5.74) is 11.1. The van der Waals surface area contributed by atoms with Crippen molar-refractivity contribution in [3.63, 3.8) is 0 Å². The van der Waals surface area contributed by atoms with Crippen LogP contribution in [0.15, 0.2) is 179 Å². The molecule has 52 heavy (non-hydrogen) atoms. The molecule has 6 nitrogen and oxygen atoms in total. The molecule has 0 unspecified atom stereocenters. The largest absolute Gasteiger partial charge is 0.456 e. The summed E-state index contributed by atoms with van der Waals surface area (Å²) in [5, 5.41) is 2.09. The highest BCUT2D eigenvalue weighted by molar-refractivity contribution is 6.13. The molecule has 0 amide bonds. The fourth-order valence-corrected chi connectivity index (χ4v) is 6.82. The highest BCUT2D eigenvalue weighted by Crippen LogP contribution is 2.40. The number of benzene rings is 7. The fourth-order valence-electron chi connectivity index (χ4n) is 6.82. The SMILES string of the molecule is c1ccc(-c2nc(-c3ccccc3)nc(-c3cccc(-c4cccc5oc6ccc(-c7ccc8nc(-c9ccccc9)oc8c7)cc6c45)c3)n2)cc1. The molecule has 7 aromatic carbocycles. The lowest BCUT2D eigenvalue weighted by Crippen LogP contribution is -2.00. The predicted molar refractivity (Wildman–Crippen MR) is 207 cm³/mol. The summed E-state index contributed by atoms with van der Waals surface area (Å²) < 4.78 is 12.6. The zero-order chi connectivity index (χ0) is 34.4. The van der Waals surface area contributed by atoms with Crippen molar-refractivity contribution in [3.8, 4) is 67.9 Å². The number of nitrogens with zero attached hydrogens (tertiary/aromatic N) is 4. The molecule has 0 aliphatic rings. The molecule has 6 heteroatoms. The summed E-state index contributed by atoms with van der Waals surface area (Å²) in [6, 6.07) is 57.1. The summed E-state index contributed by atoms with van der Waals surface area (Å²) in [7, 11) is 0. The van der Waals surface area contributed by atoms with Gasteiger partial charge in [-0.3, -0.25) is 0 Å². The molecule has 3 aromatic heterocycles. The second kappa shape index (κ2) is 12.3. The Bertz CT molecular complexity index is 2840. The summed E-state index contributed by atoms with van der Waals surface area (Å²) in [6.07, 6.45) is 0. The van der Waals surface area contributed by atoms with Gasteiger partial charge < -0.3 is 8.83 Å². The molecule has 0 aliphatic carbocycles. The van der Waals surface area contributed by atoms with Gasteiger partial charge in [-0.2, -0.15) is 0 Å². The first-order valence-electron chi connectivity index (χ1n) is 17.1. The van der Waals surface area contributed by atoms with Gasteiger partial charge >= 0.3 is 0 Å². The second-order valence-corrected chi connectivity index (χ2v) is 12.7. The average molecular weight is 669 g/mol. The van der Waals surface area contributed by atoms with Crippen LogP contribution in [0.2, 0.25) is 0 Å².